The molecule has 0 aliphatic rings. The summed E-state index contributed by atoms with van der Waals surface area (Å²) < 4.78 is 4.79. The Morgan fingerprint density at radius 1 is 1.39 bits per heavy atom. The number of esters is 1. The lowest BCUT2D eigenvalue weighted by Gasteiger charge is -2.23. The maximum Gasteiger partial charge on any atom is 0.339 e. The van der Waals surface area contributed by atoms with E-state index in [1.165, 1.54) is 12.7 Å². The lowest BCUT2D eigenvalue weighted by atomic mass is 10.0. The molecule has 124 valence electrons. The number of nitrogens with one attached hydrogen (secondary N) is 1. The van der Waals surface area contributed by atoms with Crippen molar-refractivity contribution in [2.45, 2.75) is 33.4 Å². The predicted molar refractivity (Wildman–Crippen MR) is 91.2 cm³/mol. The number of aromatic amines is 1. The second-order valence-corrected chi connectivity index (χ2v) is 6.48. The number of ketones is 1. The molecule has 6 heteroatoms. The fraction of sp³-hybridized carbons (Fsp3) is 0.412. The molecule has 0 amide bonds. The first-order chi connectivity index (χ1) is 10.9. The van der Waals surface area contributed by atoms with E-state index in [0.717, 1.165) is 0 Å². The number of aromatic nitrogens is 1. The summed E-state index contributed by atoms with van der Waals surface area (Å²) >= 11 is 1.64. The molecule has 0 aromatic carbocycles. The van der Waals surface area contributed by atoms with Crippen molar-refractivity contribution in [1.82, 2.24) is 9.88 Å². The normalized spacial score (nSPS) is 12.4. The van der Waals surface area contributed by atoms with E-state index in [1.807, 2.05) is 24.3 Å². The molecule has 0 bridgehead atoms. The number of likely N-dealkylation sites (N-methyl/N-ethyl adjacent to an activating group) is 1. The van der Waals surface area contributed by atoms with Crippen LogP contribution in [0.5, 0.6) is 0 Å². The molecule has 2 rings (SSSR count). The molecule has 0 aliphatic carbocycles. The van der Waals surface area contributed by atoms with Crippen LogP contribution in [-0.4, -0.2) is 41.8 Å². The molecule has 0 radical (unpaired) electrons. The molecular weight excluding hydrogens is 312 g/mol. The van der Waals surface area contributed by atoms with E-state index in [2.05, 4.69) is 16.4 Å². The summed E-state index contributed by atoms with van der Waals surface area (Å²) in [6, 6.07) is 1.76. The van der Waals surface area contributed by atoms with Crippen LogP contribution in [0.3, 0.4) is 0 Å². The van der Waals surface area contributed by atoms with E-state index in [9.17, 15) is 9.59 Å². The number of hydrogen-bond donors (Lipinski definition) is 1. The van der Waals surface area contributed by atoms with Gasteiger partial charge in [-0.1, -0.05) is 0 Å². The van der Waals surface area contributed by atoms with Crippen LogP contribution in [0.25, 0.3) is 0 Å². The maximum absolute atomic E-state index is 12.8. The van der Waals surface area contributed by atoms with Gasteiger partial charge in [0, 0.05) is 12.2 Å². The Morgan fingerprint density at radius 3 is 2.65 bits per heavy atom. The molecule has 2 aromatic heterocycles. The molecule has 1 atom stereocenters. The number of thiophene rings is 1. The van der Waals surface area contributed by atoms with Crippen molar-refractivity contribution >= 4 is 23.1 Å². The van der Waals surface area contributed by atoms with Crippen molar-refractivity contribution in [3.8, 4) is 0 Å². The van der Waals surface area contributed by atoms with Crippen LogP contribution in [0.2, 0.25) is 0 Å². The molecule has 1 N–H and O–H groups in total. The quantitative estimate of drug-likeness (QED) is 0.651. The second-order valence-electron chi connectivity index (χ2n) is 5.70. The number of H-pyrrole nitrogens is 1. The highest BCUT2D eigenvalue weighted by Gasteiger charge is 2.27. The molecule has 1 unspecified atom stereocenters. The van der Waals surface area contributed by atoms with Crippen molar-refractivity contribution in [2.24, 2.45) is 0 Å². The molecule has 0 aliphatic heterocycles. The Hall–Kier alpha value is -1.92. The molecule has 0 saturated heterocycles. The molecule has 0 saturated carbocycles. The monoisotopic (exact) mass is 334 g/mol. The average Bonchev–Trinajstić information content (AvgIpc) is 3.13. The van der Waals surface area contributed by atoms with Crippen molar-refractivity contribution in [3.05, 3.63) is 44.9 Å². The Bertz CT molecular complexity index is 704. The first-order valence-corrected chi connectivity index (χ1v) is 8.34. The van der Waals surface area contributed by atoms with E-state index < -0.39 is 5.97 Å². The lowest BCUT2D eigenvalue weighted by Crippen LogP contribution is -2.36. The molecule has 5 nitrogen and oxygen atoms in total. The molecule has 0 fully saturated rings. The molecule has 23 heavy (non-hydrogen) atoms. The van der Waals surface area contributed by atoms with Gasteiger partial charge in [0.25, 0.3) is 0 Å². The summed E-state index contributed by atoms with van der Waals surface area (Å²) in [6.45, 7) is 6.13. The van der Waals surface area contributed by atoms with Crippen LogP contribution >= 0.6 is 11.3 Å². The van der Waals surface area contributed by atoms with Crippen molar-refractivity contribution in [3.63, 3.8) is 0 Å². The minimum atomic E-state index is -0.422. The second kappa shape index (κ2) is 7.10. The van der Waals surface area contributed by atoms with Crippen LogP contribution < -0.4 is 0 Å². The van der Waals surface area contributed by atoms with Gasteiger partial charge in [-0.3, -0.25) is 9.69 Å². The number of hydrogen-bond acceptors (Lipinski definition) is 5. The number of nitrogens with zero attached hydrogens (tertiary/aromatic N) is 1. The van der Waals surface area contributed by atoms with Gasteiger partial charge in [0.2, 0.25) is 0 Å². The first kappa shape index (κ1) is 17.4. The summed E-state index contributed by atoms with van der Waals surface area (Å²) in [4.78, 5) is 29.7. The third-order valence-corrected chi connectivity index (χ3v) is 4.86. The Labute approximate surface area is 140 Å². The Kier molecular flexibility index (Phi) is 5.38. The molecule has 2 heterocycles. The lowest BCUT2D eigenvalue weighted by molar-refractivity contribution is 0.0599. The smallest absolute Gasteiger partial charge is 0.339 e. The van der Waals surface area contributed by atoms with Gasteiger partial charge >= 0.3 is 5.97 Å². The summed E-state index contributed by atoms with van der Waals surface area (Å²) in [5.74, 6) is -0.451. The number of Topliss-reactive ketones (excluding diaryl/α,β-unsaturated/α-hetero) is 1. The van der Waals surface area contributed by atoms with Crippen molar-refractivity contribution in [2.75, 3.05) is 14.2 Å². The van der Waals surface area contributed by atoms with Gasteiger partial charge < -0.3 is 9.72 Å². The third kappa shape index (κ3) is 3.54. The minimum Gasteiger partial charge on any atom is -0.465 e. The molecule has 0 spiro atoms. The van der Waals surface area contributed by atoms with Gasteiger partial charge in [0.05, 0.1) is 24.4 Å². The fourth-order valence-electron chi connectivity index (χ4n) is 2.62. The third-order valence-electron chi connectivity index (χ3n) is 4.13. The highest BCUT2D eigenvalue weighted by Crippen LogP contribution is 2.21. The van der Waals surface area contributed by atoms with Crippen LogP contribution in [0.1, 0.15) is 44.6 Å². The number of methoxy groups -OCH3 is 1. The van der Waals surface area contributed by atoms with Gasteiger partial charge in [0.15, 0.2) is 5.78 Å². The highest BCUT2D eigenvalue weighted by molar-refractivity contribution is 7.07. The van der Waals surface area contributed by atoms with Gasteiger partial charge in [-0.25, -0.2) is 4.79 Å². The van der Waals surface area contributed by atoms with Crippen molar-refractivity contribution in [1.29, 1.82) is 0 Å². The summed E-state index contributed by atoms with van der Waals surface area (Å²) in [6.07, 6.45) is 0. The van der Waals surface area contributed by atoms with E-state index in [-0.39, 0.29) is 11.8 Å². The van der Waals surface area contributed by atoms with Crippen LogP contribution in [-0.2, 0) is 11.3 Å². The summed E-state index contributed by atoms with van der Waals surface area (Å²) in [5.41, 5.74) is 3.42. The van der Waals surface area contributed by atoms with Gasteiger partial charge in [-0.05, 0) is 55.8 Å². The Balaban J connectivity index is 2.21. The zero-order chi connectivity index (χ0) is 17.1. The SMILES string of the molecule is COC(=O)c1c(C)[nH]c(C(=O)C(C)N(C)Cc2ccsc2)c1C. The topological polar surface area (TPSA) is 62.4 Å². The van der Waals surface area contributed by atoms with Gasteiger partial charge in [-0.15, -0.1) is 0 Å². The number of ether oxygens (including phenoxy) is 1. The molecular formula is C17H22N2O3S. The van der Waals surface area contributed by atoms with Crippen LogP contribution in [0.4, 0.5) is 0 Å². The van der Waals surface area contributed by atoms with Crippen molar-refractivity contribution < 1.29 is 14.3 Å². The largest absolute Gasteiger partial charge is 0.465 e. The minimum absolute atomic E-state index is 0.0292. The standard InChI is InChI=1S/C17H22N2O3S/c1-10-14(17(21)22-5)11(2)18-15(10)16(20)12(3)19(4)8-13-6-7-23-9-13/h6-7,9,12,18H,8H2,1-5H3. The van der Waals surface area contributed by atoms with Gasteiger partial charge in [-0.2, -0.15) is 11.3 Å². The van der Waals surface area contributed by atoms with E-state index in [4.69, 9.17) is 4.74 Å². The number of rotatable bonds is 6. The zero-order valence-electron chi connectivity index (χ0n) is 14.1. The number of carbonyl (C=O) groups is 2. The highest BCUT2D eigenvalue weighted by atomic mass is 32.1. The maximum atomic E-state index is 12.8. The Morgan fingerprint density at radius 2 is 2.09 bits per heavy atom. The average molecular weight is 334 g/mol. The van der Waals surface area contributed by atoms with Crippen LogP contribution in [0.15, 0.2) is 16.8 Å². The van der Waals surface area contributed by atoms with Crippen LogP contribution in [0, 0.1) is 13.8 Å². The van der Waals surface area contributed by atoms with E-state index in [0.29, 0.717) is 29.1 Å². The fourth-order valence-corrected chi connectivity index (χ4v) is 3.28. The summed E-state index contributed by atoms with van der Waals surface area (Å²) in [7, 11) is 3.26. The van der Waals surface area contributed by atoms with E-state index >= 15 is 0 Å². The number of carbonyl (C=O) groups excluding carboxylic acids is 2. The van der Waals surface area contributed by atoms with Gasteiger partial charge in [0.1, 0.15) is 0 Å². The van der Waals surface area contributed by atoms with E-state index in [1.54, 1.807) is 25.2 Å². The molecule has 2 aromatic rings. The predicted octanol–water partition coefficient (Wildman–Crippen LogP) is 3.18. The number of aryl methyl sites for hydroxylation is 1. The zero-order valence-corrected chi connectivity index (χ0v) is 14.9. The first-order valence-electron chi connectivity index (χ1n) is 7.39. The summed E-state index contributed by atoms with van der Waals surface area (Å²) in [5, 5.41) is 4.10.